The number of amides is 1. The summed E-state index contributed by atoms with van der Waals surface area (Å²) in [5, 5.41) is 11.3. The van der Waals surface area contributed by atoms with Crippen molar-refractivity contribution >= 4 is 17.6 Å². The summed E-state index contributed by atoms with van der Waals surface area (Å²) in [4.78, 5) is 22.7. The van der Waals surface area contributed by atoms with Crippen LogP contribution in [-0.2, 0) is 4.79 Å². The molecule has 1 aromatic rings. The van der Waals surface area contributed by atoms with Gasteiger partial charge in [0.2, 0.25) is 5.91 Å². The number of rotatable bonds is 4. The Morgan fingerprint density at radius 3 is 2.75 bits per heavy atom. The van der Waals surface area contributed by atoms with Crippen LogP contribution in [0.4, 0.5) is 10.1 Å². The molecule has 106 valence electrons. The number of hydrogen-bond acceptors (Lipinski definition) is 2. The number of aromatic carboxylic acids is 1. The summed E-state index contributed by atoms with van der Waals surface area (Å²) in [6.45, 7) is 0. The number of nitrogens with one attached hydrogen (secondary N) is 1. The third-order valence-corrected chi connectivity index (χ3v) is 3.28. The Kier molecular flexibility index (Phi) is 4.50. The van der Waals surface area contributed by atoms with Gasteiger partial charge in [-0.05, 0) is 37.8 Å². The highest BCUT2D eigenvalue weighted by Gasteiger charge is 2.16. The largest absolute Gasteiger partial charge is 0.478 e. The fraction of sp³-hybridized carbons (Fsp3) is 0.333. The summed E-state index contributed by atoms with van der Waals surface area (Å²) in [7, 11) is 0. The van der Waals surface area contributed by atoms with Crippen molar-refractivity contribution in [3.8, 4) is 0 Å². The molecule has 0 unspecified atom stereocenters. The first-order valence-corrected chi connectivity index (χ1v) is 6.57. The maximum absolute atomic E-state index is 13.9. The zero-order valence-electron chi connectivity index (χ0n) is 11.0. The van der Waals surface area contributed by atoms with Gasteiger partial charge in [-0.3, -0.25) is 4.79 Å². The summed E-state index contributed by atoms with van der Waals surface area (Å²) in [6.07, 6.45) is 6.36. The second-order valence-corrected chi connectivity index (χ2v) is 4.81. The molecule has 0 heterocycles. The Morgan fingerprint density at radius 2 is 2.10 bits per heavy atom. The Morgan fingerprint density at radius 1 is 1.30 bits per heavy atom. The Labute approximate surface area is 116 Å². The standard InChI is InChI=1S/C15H16FNO3/c16-14-11(15(19)20)7-4-8-12(14)17-13(18)9-10-5-2-1-3-6-10/h4-5,7-8H,1-3,6,9H2,(H,17,18)(H,19,20). The van der Waals surface area contributed by atoms with Crippen LogP contribution in [0.3, 0.4) is 0 Å². The number of carboxylic acids is 1. The lowest BCUT2D eigenvalue weighted by molar-refractivity contribution is -0.115. The molecule has 0 bridgehead atoms. The van der Waals surface area contributed by atoms with Crippen molar-refractivity contribution in [1.29, 1.82) is 0 Å². The highest BCUT2D eigenvalue weighted by molar-refractivity contribution is 5.95. The second kappa shape index (κ2) is 6.32. The Hall–Kier alpha value is -2.17. The van der Waals surface area contributed by atoms with Crippen molar-refractivity contribution in [1.82, 2.24) is 0 Å². The van der Waals surface area contributed by atoms with Crippen molar-refractivity contribution < 1.29 is 19.1 Å². The van der Waals surface area contributed by atoms with E-state index in [4.69, 9.17) is 5.11 Å². The number of carbonyl (C=O) groups is 2. The van der Waals surface area contributed by atoms with Gasteiger partial charge in [0.25, 0.3) is 0 Å². The summed E-state index contributed by atoms with van der Waals surface area (Å²) in [5.74, 6) is -2.58. The van der Waals surface area contributed by atoms with Crippen LogP contribution < -0.4 is 5.32 Å². The lowest BCUT2D eigenvalue weighted by atomic mass is 9.97. The fourth-order valence-corrected chi connectivity index (χ4v) is 2.26. The summed E-state index contributed by atoms with van der Waals surface area (Å²) < 4.78 is 13.9. The van der Waals surface area contributed by atoms with E-state index in [1.54, 1.807) is 0 Å². The van der Waals surface area contributed by atoms with Gasteiger partial charge in [0, 0.05) is 6.42 Å². The predicted octanol–water partition coefficient (Wildman–Crippen LogP) is 3.35. The molecule has 2 rings (SSSR count). The summed E-state index contributed by atoms with van der Waals surface area (Å²) in [5.41, 5.74) is 0.523. The topological polar surface area (TPSA) is 66.4 Å². The van der Waals surface area contributed by atoms with Gasteiger partial charge in [-0.25, -0.2) is 9.18 Å². The van der Waals surface area contributed by atoms with Gasteiger partial charge in [-0.1, -0.05) is 17.7 Å². The van der Waals surface area contributed by atoms with Gasteiger partial charge in [-0.2, -0.15) is 0 Å². The van der Waals surface area contributed by atoms with Crippen LogP contribution in [0.5, 0.6) is 0 Å². The minimum absolute atomic E-state index is 0.0914. The van der Waals surface area contributed by atoms with E-state index in [0.29, 0.717) is 0 Å². The number of carboxylic acid groups (broad SMARTS) is 1. The molecule has 2 N–H and O–H groups in total. The SMILES string of the molecule is O=C(CC1=CCCCC1)Nc1cccc(C(=O)O)c1F. The summed E-state index contributed by atoms with van der Waals surface area (Å²) in [6, 6.07) is 3.92. The van der Waals surface area contributed by atoms with E-state index in [0.717, 1.165) is 37.3 Å². The highest BCUT2D eigenvalue weighted by atomic mass is 19.1. The molecule has 0 spiro atoms. The lowest BCUT2D eigenvalue weighted by Crippen LogP contribution is -2.15. The molecule has 20 heavy (non-hydrogen) atoms. The number of allylic oxidation sites excluding steroid dienone is 1. The predicted molar refractivity (Wildman–Crippen MR) is 73.2 cm³/mol. The molecule has 0 aliphatic heterocycles. The van der Waals surface area contributed by atoms with Crippen LogP contribution in [0.25, 0.3) is 0 Å². The zero-order chi connectivity index (χ0) is 14.5. The minimum Gasteiger partial charge on any atom is -0.478 e. The highest BCUT2D eigenvalue weighted by Crippen LogP contribution is 2.22. The molecule has 0 saturated heterocycles. The van der Waals surface area contributed by atoms with E-state index in [1.165, 1.54) is 12.1 Å². The van der Waals surface area contributed by atoms with E-state index in [9.17, 15) is 14.0 Å². The van der Waals surface area contributed by atoms with Crippen LogP contribution in [0.2, 0.25) is 0 Å². The van der Waals surface area contributed by atoms with Crippen molar-refractivity contribution in [2.24, 2.45) is 0 Å². The maximum Gasteiger partial charge on any atom is 0.338 e. The molecular weight excluding hydrogens is 261 g/mol. The van der Waals surface area contributed by atoms with E-state index < -0.39 is 17.3 Å². The molecule has 0 atom stereocenters. The van der Waals surface area contributed by atoms with Crippen LogP contribution in [0.15, 0.2) is 29.8 Å². The molecule has 0 fully saturated rings. The molecule has 0 aromatic heterocycles. The van der Waals surface area contributed by atoms with Gasteiger partial charge in [-0.15, -0.1) is 0 Å². The maximum atomic E-state index is 13.9. The van der Waals surface area contributed by atoms with Gasteiger partial charge in [0.05, 0.1) is 11.3 Å². The molecule has 1 amide bonds. The molecule has 0 saturated carbocycles. The smallest absolute Gasteiger partial charge is 0.338 e. The van der Waals surface area contributed by atoms with Crippen molar-refractivity contribution in [3.05, 3.63) is 41.2 Å². The average molecular weight is 277 g/mol. The first-order chi connectivity index (χ1) is 9.58. The van der Waals surface area contributed by atoms with Gasteiger partial charge < -0.3 is 10.4 Å². The third kappa shape index (κ3) is 3.44. The fourth-order valence-electron chi connectivity index (χ4n) is 2.26. The number of benzene rings is 1. The monoisotopic (exact) mass is 277 g/mol. The Bertz CT molecular complexity index is 566. The molecule has 1 aliphatic rings. The van der Waals surface area contributed by atoms with Crippen molar-refractivity contribution in [2.45, 2.75) is 32.1 Å². The minimum atomic E-state index is -1.35. The molecule has 5 heteroatoms. The second-order valence-electron chi connectivity index (χ2n) is 4.81. The van der Waals surface area contributed by atoms with Gasteiger partial charge in [0.15, 0.2) is 5.82 Å². The number of anilines is 1. The van der Waals surface area contributed by atoms with Gasteiger partial charge >= 0.3 is 5.97 Å². The molecule has 1 aromatic carbocycles. The normalized spacial score (nSPS) is 14.6. The number of hydrogen-bond donors (Lipinski definition) is 2. The van der Waals surface area contributed by atoms with Crippen LogP contribution in [0, 0.1) is 5.82 Å². The molecule has 0 radical (unpaired) electrons. The molecular formula is C15H16FNO3. The summed E-state index contributed by atoms with van der Waals surface area (Å²) >= 11 is 0. The first-order valence-electron chi connectivity index (χ1n) is 6.57. The van der Waals surface area contributed by atoms with E-state index in [-0.39, 0.29) is 18.0 Å². The average Bonchev–Trinajstić information content (AvgIpc) is 2.42. The lowest BCUT2D eigenvalue weighted by Gasteiger charge is -2.13. The number of halogens is 1. The molecule has 1 aliphatic carbocycles. The van der Waals surface area contributed by atoms with Crippen LogP contribution >= 0.6 is 0 Å². The Balaban J connectivity index is 2.06. The van der Waals surface area contributed by atoms with Crippen LogP contribution in [-0.4, -0.2) is 17.0 Å². The van der Waals surface area contributed by atoms with Gasteiger partial charge in [0.1, 0.15) is 0 Å². The zero-order valence-corrected chi connectivity index (χ0v) is 11.0. The number of carbonyl (C=O) groups excluding carboxylic acids is 1. The van der Waals surface area contributed by atoms with E-state index in [1.807, 2.05) is 6.08 Å². The quantitative estimate of drug-likeness (QED) is 0.829. The van der Waals surface area contributed by atoms with Crippen molar-refractivity contribution in [2.75, 3.05) is 5.32 Å². The first kappa shape index (κ1) is 14.2. The van der Waals surface area contributed by atoms with Crippen molar-refractivity contribution in [3.63, 3.8) is 0 Å². The molecule has 4 nitrogen and oxygen atoms in total. The van der Waals surface area contributed by atoms with E-state index in [2.05, 4.69) is 5.32 Å². The van der Waals surface area contributed by atoms with Crippen LogP contribution in [0.1, 0.15) is 42.5 Å². The van der Waals surface area contributed by atoms with E-state index >= 15 is 0 Å². The third-order valence-electron chi connectivity index (χ3n) is 3.28.